The molecule has 2 fully saturated rings. The van der Waals surface area contributed by atoms with Crippen molar-refractivity contribution in [3.05, 3.63) is 66.0 Å². The van der Waals surface area contributed by atoms with Crippen LogP contribution in [0.5, 0.6) is 0 Å². The van der Waals surface area contributed by atoms with Crippen LogP contribution in [0.3, 0.4) is 0 Å². The molecule has 2 aromatic rings. The summed E-state index contributed by atoms with van der Waals surface area (Å²) in [4.78, 5) is 31.1. The average molecular weight is 367 g/mol. The predicted molar refractivity (Wildman–Crippen MR) is 101 cm³/mol. The van der Waals surface area contributed by atoms with Crippen molar-refractivity contribution in [1.29, 1.82) is 0 Å². The number of hydrogen-bond acceptors (Lipinski definition) is 3. The Labute approximate surface area is 158 Å². The molecule has 140 valence electrons. The zero-order valence-corrected chi connectivity index (χ0v) is 15.3. The standard InChI is InChI=1S/C21H22FN3O2/c1-23-13-19(26)25(18-5-3-2-4-6-18)15-21(23)11-12-24(14-21)20(27)16-7-9-17(22)10-8-16/h2-10H,11-15H2,1H3/t21-/m1/s1. The highest BCUT2D eigenvalue weighted by atomic mass is 19.1. The van der Waals surface area contributed by atoms with Crippen LogP contribution in [-0.4, -0.2) is 60.4 Å². The normalized spacial score (nSPS) is 23.3. The lowest BCUT2D eigenvalue weighted by Gasteiger charge is -2.46. The number of likely N-dealkylation sites (N-methyl/N-ethyl adjacent to an activating group) is 1. The second-order valence-corrected chi connectivity index (χ2v) is 7.38. The van der Waals surface area contributed by atoms with Gasteiger partial charge in [-0.25, -0.2) is 4.39 Å². The number of rotatable bonds is 2. The zero-order valence-electron chi connectivity index (χ0n) is 15.3. The number of amides is 2. The third kappa shape index (κ3) is 3.21. The number of anilines is 1. The topological polar surface area (TPSA) is 43.9 Å². The molecule has 2 amide bonds. The molecule has 27 heavy (non-hydrogen) atoms. The molecule has 0 unspecified atom stereocenters. The number of halogens is 1. The molecule has 0 aliphatic carbocycles. The van der Waals surface area contributed by atoms with E-state index in [1.807, 2.05) is 47.2 Å². The van der Waals surface area contributed by atoms with Crippen LogP contribution in [0.25, 0.3) is 0 Å². The van der Waals surface area contributed by atoms with Gasteiger partial charge in [-0.3, -0.25) is 14.5 Å². The predicted octanol–water partition coefficient (Wildman–Crippen LogP) is 2.39. The minimum absolute atomic E-state index is 0.0673. The van der Waals surface area contributed by atoms with Gasteiger partial charge in [0.15, 0.2) is 0 Å². The minimum Gasteiger partial charge on any atom is -0.337 e. The summed E-state index contributed by atoms with van der Waals surface area (Å²) in [5.41, 5.74) is 1.11. The Bertz CT molecular complexity index is 855. The van der Waals surface area contributed by atoms with Crippen LogP contribution in [-0.2, 0) is 4.79 Å². The summed E-state index contributed by atoms with van der Waals surface area (Å²) in [6, 6.07) is 15.3. The molecule has 0 radical (unpaired) electrons. The molecule has 6 heteroatoms. The summed E-state index contributed by atoms with van der Waals surface area (Å²) in [5.74, 6) is -0.380. The number of hydrogen-bond donors (Lipinski definition) is 0. The Kier molecular flexibility index (Phi) is 4.44. The van der Waals surface area contributed by atoms with E-state index in [2.05, 4.69) is 4.90 Å². The number of para-hydroxylation sites is 1. The van der Waals surface area contributed by atoms with Crippen LogP contribution in [0.2, 0.25) is 0 Å². The Morgan fingerprint density at radius 3 is 2.44 bits per heavy atom. The fraction of sp³-hybridized carbons (Fsp3) is 0.333. The smallest absolute Gasteiger partial charge is 0.253 e. The molecule has 0 N–H and O–H groups in total. The van der Waals surface area contributed by atoms with Gasteiger partial charge in [-0.15, -0.1) is 0 Å². The number of carbonyl (C=O) groups excluding carboxylic acids is 2. The van der Waals surface area contributed by atoms with E-state index in [0.29, 0.717) is 31.7 Å². The van der Waals surface area contributed by atoms with Gasteiger partial charge in [-0.1, -0.05) is 18.2 Å². The van der Waals surface area contributed by atoms with Crippen LogP contribution in [0, 0.1) is 5.82 Å². The first-order valence-corrected chi connectivity index (χ1v) is 9.10. The fourth-order valence-electron chi connectivity index (χ4n) is 4.05. The van der Waals surface area contributed by atoms with Crippen LogP contribution in [0.1, 0.15) is 16.8 Å². The molecule has 2 aromatic carbocycles. The Hall–Kier alpha value is -2.73. The van der Waals surface area contributed by atoms with E-state index in [-0.39, 0.29) is 23.2 Å². The van der Waals surface area contributed by atoms with Gasteiger partial charge >= 0.3 is 0 Å². The molecule has 0 bridgehead atoms. The van der Waals surface area contributed by atoms with Gasteiger partial charge in [0.25, 0.3) is 5.91 Å². The molecule has 2 aliphatic rings. The van der Waals surface area contributed by atoms with Gasteiger partial charge in [0.05, 0.1) is 12.1 Å². The summed E-state index contributed by atoms with van der Waals surface area (Å²) < 4.78 is 13.1. The lowest BCUT2D eigenvalue weighted by Crippen LogP contribution is -2.64. The maximum atomic E-state index is 13.1. The number of benzene rings is 2. The summed E-state index contributed by atoms with van der Waals surface area (Å²) in [7, 11) is 1.95. The highest BCUT2D eigenvalue weighted by molar-refractivity contribution is 5.96. The Morgan fingerprint density at radius 2 is 1.74 bits per heavy atom. The molecule has 0 saturated carbocycles. The molecule has 4 rings (SSSR count). The summed E-state index contributed by atoms with van der Waals surface area (Å²) in [5, 5.41) is 0. The van der Waals surface area contributed by atoms with Gasteiger partial charge in [0.2, 0.25) is 5.91 Å². The van der Waals surface area contributed by atoms with Gasteiger partial charge in [-0.05, 0) is 49.9 Å². The lowest BCUT2D eigenvalue weighted by molar-refractivity contribution is -0.123. The van der Waals surface area contributed by atoms with Crippen molar-refractivity contribution in [1.82, 2.24) is 9.80 Å². The van der Waals surface area contributed by atoms with E-state index in [0.717, 1.165) is 12.1 Å². The molecule has 1 atom stereocenters. The maximum Gasteiger partial charge on any atom is 0.253 e. The van der Waals surface area contributed by atoms with Crippen LogP contribution in [0.15, 0.2) is 54.6 Å². The average Bonchev–Trinajstić information content (AvgIpc) is 3.11. The molecule has 1 spiro atoms. The van der Waals surface area contributed by atoms with Crippen molar-refractivity contribution in [2.75, 3.05) is 38.1 Å². The van der Waals surface area contributed by atoms with Crippen molar-refractivity contribution in [3.8, 4) is 0 Å². The largest absolute Gasteiger partial charge is 0.337 e. The van der Waals surface area contributed by atoms with Crippen molar-refractivity contribution in [3.63, 3.8) is 0 Å². The Balaban J connectivity index is 1.55. The number of nitrogens with zero attached hydrogens (tertiary/aromatic N) is 3. The summed E-state index contributed by atoms with van der Waals surface area (Å²) in [6.07, 6.45) is 0.799. The minimum atomic E-state index is -0.353. The number of carbonyl (C=O) groups is 2. The van der Waals surface area contributed by atoms with Crippen molar-refractivity contribution >= 4 is 17.5 Å². The number of piperazine rings is 1. The van der Waals surface area contributed by atoms with E-state index >= 15 is 0 Å². The van der Waals surface area contributed by atoms with E-state index in [4.69, 9.17) is 0 Å². The first-order valence-electron chi connectivity index (χ1n) is 9.10. The fourth-order valence-corrected chi connectivity index (χ4v) is 4.05. The molecular weight excluding hydrogens is 345 g/mol. The maximum absolute atomic E-state index is 13.1. The Morgan fingerprint density at radius 1 is 1.04 bits per heavy atom. The van der Waals surface area contributed by atoms with Gasteiger partial charge < -0.3 is 9.80 Å². The monoisotopic (exact) mass is 367 g/mol. The van der Waals surface area contributed by atoms with Gasteiger partial charge in [0.1, 0.15) is 5.82 Å². The van der Waals surface area contributed by atoms with E-state index in [1.165, 1.54) is 24.3 Å². The lowest BCUT2D eigenvalue weighted by atomic mass is 9.92. The van der Waals surface area contributed by atoms with E-state index < -0.39 is 0 Å². The van der Waals surface area contributed by atoms with E-state index in [9.17, 15) is 14.0 Å². The molecule has 2 aliphatic heterocycles. The first kappa shape index (κ1) is 17.7. The molecule has 2 heterocycles. The second-order valence-electron chi connectivity index (χ2n) is 7.38. The SMILES string of the molecule is CN1CC(=O)N(c2ccccc2)C[C@]12CCN(C(=O)c1ccc(F)cc1)C2. The molecule has 5 nitrogen and oxygen atoms in total. The van der Waals surface area contributed by atoms with E-state index in [1.54, 1.807) is 0 Å². The molecule has 0 aromatic heterocycles. The van der Waals surface area contributed by atoms with Crippen molar-refractivity contribution < 1.29 is 14.0 Å². The third-order valence-corrected chi connectivity index (χ3v) is 5.71. The highest BCUT2D eigenvalue weighted by Crippen LogP contribution is 2.34. The molecule has 2 saturated heterocycles. The van der Waals surface area contributed by atoms with Crippen LogP contribution in [0.4, 0.5) is 10.1 Å². The van der Waals surface area contributed by atoms with Crippen LogP contribution >= 0.6 is 0 Å². The number of likely N-dealkylation sites (tertiary alicyclic amines) is 1. The third-order valence-electron chi connectivity index (χ3n) is 5.71. The van der Waals surface area contributed by atoms with Crippen molar-refractivity contribution in [2.24, 2.45) is 0 Å². The summed E-state index contributed by atoms with van der Waals surface area (Å²) >= 11 is 0. The van der Waals surface area contributed by atoms with Crippen molar-refractivity contribution in [2.45, 2.75) is 12.0 Å². The highest BCUT2D eigenvalue weighted by Gasteiger charge is 2.48. The van der Waals surface area contributed by atoms with Crippen LogP contribution < -0.4 is 4.90 Å². The van der Waals surface area contributed by atoms with Gasteiger partial charge in [-0.2, -0.15) is 0 Å². The first-order chi connectivity index (χ1) is 13.0. The summed E-state index contributed by atoms with van der Waals surface area (Å²) in [6.45, 7) is 2.06. The second kappa shape index (κ2) is 6.78. The van der Waals surface area contributed by atoms with Gasteiger partial charge in [0, 0.05) is 30.9 Å². The zero-order chi connectivity index (χ0) is 19.0. The molecular formula is C21H22FN3O2. The quantitative estimate of drug-likeness (QED) is 0.819.